The van der Waals surface area contributed by atoms with Crippen LogP contribution in [0.2, 0.25) is 0 Å². The zero-order chi connectivity index (χ0) is 15.5. The predicted octanol–water partition coefficient (Wildman–Crippen LogP) is 2.27. The molecule has 2 rings (SSSR count). The van der Waals surface area contributed by atoms with Gasteiger partial charge < -0.3 is 5.73 Å². The van der Waals surface area contributed by atoms with Gasteiger partial charge in [-0.15, -0.1) is 0 Å². The Balaban J connectivity index is 2.37. The van der Waals surface area contributed by atoms with Crippen molar-refractivity contribution in [3.8, 4) is 0 Å². The minimum Gasteiger partial charge on any atom is -0.330 e. The molecule has 4 nitrogen and oxygen atoms in total. The fraction of sp³-hybridized carbons (Fsp3) is 0.143. The van der Waals surface area contributed by atoms with E-state index >= 15 is 0 Å². The normalized spacial score (nSPS) is 11.4. The highest BCUT2D eigenvalue weighted by Gasteiger charge is 2.20. The Labute approximate surface area is 121 Å². The lowest BCUT2D eigenvalue weighted by Crippen LogP contribution is -2.15. The Morgan fingerprint density at radius 1 is 1.10 bits per heavy atom. The van der Waals surface area contributed by atoms with Gasteiger partial charge in [-0.3, -0.25) is 4.72 Å². The average molecular weight is 312 g/mol. The molecule has 7 heteroatoms. The molecule has 21 heavy (non-hydrogen) atoms. The number of anilines is 1. The third-order valence-electron chi connectivity index (χ3n) is 2.79. The van der Waals surface area contributed by atoms with Crippen molar-refractivity contribution in [1.29, 1.82) is 0 Å². The van der Waals surface area contributed by atoms with Gasteiger partial charge in [0.1, 0.15) is 16.5 Å². The summed E-state index contributed by atoms with van der Waals surface area (Å²) in [5, 5.41) is 0. The van der Waals surface area contributed by atoms with Gasteiger partial charge in [0.15, 0.2) is 0 Å². The van der Waals surface area contributed by atoms with Gasteiger partial charge >= 0.3 is 0 Å². The lowest BCUT2D eigenvalue weighted by Gasteiger charge is -2.10. The molecule has 2 aromatic carbocycles. The van der Waals surface area contributed by atoms with E-state index in [0.29, 0.717) is 18.5 Å². The number of benzene rings is 2. The van der Waals surface area contributed by atoms with E-state index in [-0.39, 0.29) is 5.69 Å². The van der Waals surface area contributed by atoms with E-state index in [0.717, 1.165) is 12.1 Å². The standard InChI is InChI=1S/C14H14F2N2O2S/c15-11-2-1-3-12(9-11)18-21(19,20)14-8-10(6-7-17)4-5-13(14)16/h1-5,8-9,18H,6-7,17H2. The zero-order valence-electron chi connectivity index (χ0n) is 11.0. The monoisotopic (exact) mass is 312 g/mol. The molecule has 0 radical (unpaired) electrons. The topological polar surface area (TPSA) is 72.2 Å². The summed E-state index contributed by atoms with van der Waals surface area (Å²) in [7, 11) is -4.13. The molecule has 2 aromatic rings. The van der Waals surface area contributed by atoms with Crippen LogP contribution < -0.4 is 10.5 Å². The summed E-state index contributed by atoms with van der Waals surface area (Å²) in [4.78, 5) is -0.488. The minimum atomic E-state index is -4.13. The van der Waals surface area contributed by atoms with Gasteiger partial charge in [0.2, 0.25) is 0 Å². The maximum absolute atomic E-state index is 13.8. The van der Waals surface area contributed by atoms with Crippen LogP contribution in [0.25, 0.3) is 0 Å². The van der Waals surface area contributed by atoms with Gasteiger partial charge in [-0.2, -0.15) is 0 Å². The average Bonchev–Trinajstić information content (AvgIpc) is 2.40. The van der Waals surface area contributed by atoms with Gasteiger partial charge in [-0.05, 0) is 48.9 Å². The molecule has 0 saturated carbocycles. The van der Waals surface area contributed by atoms with Gasteiger partial charge in [0.05, 0.1) is 5.69 Å². The molecule has 0 saturated heterocycles. The van der Waals surface area contributed by atoms with Crippen molar-refractivity contribution < 1.29 is 17.2 Å². The number of sulfonamides is 1. The van der Waals surface area contributed by atoms with Crippen LogP contribution in [-0.2, 0) is 16.4 Å². The number of nitrogens with two attached hydrogens (primary N) is 1. The van der Waals surface area contributed by atoms with Crippen molar-refractivity contribution in [2.75, 3.05) is 11.3 Å². The molecular weight excluding hydrogens is 298 g/mol. The summed E-state index contributed by atoms with van der Waals surface area (Å²) in [6.45, 7) is 0.322. The first kappa shape index (κ1) is 15.4. The fourth-order valence-corrected chi connectivity index (χ4v) is 3.02. The van der Waals surface area contributed by atoms with Crippen molar-refractivity contribution in [2.45, 2.75) is 11.3 Å². The summed E-state index contributed by atoms with van der Waals surface area (Å²) < 4.78 is 53.3. The third kappa shape index (κ3) is 3.77. The summed E-state index contributed by atoms with van der Waals surface area (Å²) >= 11 is 0. The van der Waals surface area contributed by atoms with Crippen molar-refractivity contribution in [3.05, 3.63) is 59.7 Å². The fourth-order valence-electron chi connectivity index (χ4n) is 1.84. The van der Waals surface area contributed by atoms with Gasteiger partial charge in [-0.25, -0.2) is 17.2 Å². The van der Waals surface area contributed by atoms with Crippen LogP contribution in [0, 0.1) is 11.6 Å². The molecule has 0 unspecified atom stereocenters. The second kappa shape index (κ2) is 6.19. The van der Waals surface area contributed by atoms with E-state index in [1.165, 1.54) is 30.3 Å². The molecular formula is C14H14F2N2O2S. The van der Waals surface area contributed by atoms with Gasteiger partial charge in [0, 0.05) is 0 Å². The van der Waals surface area contributed by atoms with Crippen LogP contribution in [0.3, 0.4) is 0 Å². The molecule has 112 valence electrons. The van der Waals surface area contributed by atoms with Crippen LogP contribution in [0.4, 0.5) is 14.5 Å². The summed E-state index contributed by atoms with van der Waals surface area (Å²) in [5.74, 6) is -1.47. The lowest BCUT2D eigenvalue weighted by atomic mass is 10.1. The Morgan fingerprint density at radius 3 is 2.52 bits per heavy atom. The predicted molar refractivity (Wildman–Crippen MR) is 76.4 cm³/mol. The molecule has 3 N–H and O–H groups in total. The van der Waals surface area contributed by atoms with E-state index in [4.69, 9.17) is 5.73 Å². The van der Waals surface area contributed by atoms with E-state index < -0.39 is 26.6 Å². The van der Waals surface area contributed by atoms with Crippen LogP contribution in [0.15, 0.2) is 47.4 Å². The Bertz CT molecular complexity index is 748. The molecule has 0 aromatic heterocycles. The summed E-state index contributed by atoms with van der Waals surface area (Å²) in [6, 6.07) is 8.70. The van der Waals surface area contributed by atoms with E-state index in [2.05, 4.69) is 4.72 Å². The van der Waals surface area contributed by atoms with Crippen molar-refractivity contribution >= 4 is 15.7 Å². The van der Waals surface area contributed by atoms with Crippen LogP contribution >= 0.6 is 0 Å². The maximum Gasteiger partial charge on any atom is 0.264 e. The number of nitrogens with one attached hydrogen (secondary N) is 1. The second-order valence-electron chi connectivity index (χ2n) is 4.42. The highest BCUT2D eigenvalue weighted by atomic mass is 32.2. The van der Waals surface area contributed by atoms with E-state index in [1.54, 1.807) is 0 Å². The van der Waals surface area contributed by atoms with E-state index in [9.17, 15) is 17.2 Å². The zero-order valence-corrected chi connectivity index (χ0v) is 11.8. The number of halogens is 2. The Hall–Kier alpha value is -1.99. The summed E-state index contributed by atoms with van der Waals surface area (Å²) in [5.41, 5.74) is 6.03. The minimum absolute atomic E-state index is 0.0265. The number of rotatable bonds is 5. The molecule has 0 aliphatic carbocycles. The van der Waals surface area contributed by atoms with Crippen molar-refractivity contribution in [1.82, 2.24) is 0 Å². The molecule has 0 fully saturated rings. The SMILES string of the molecule is NCCc1ccc(F)c(S(=O)(=O)Nc2cccc(F)c2)c1. The van der Waals surface area contributed by atoms with Crippen LogP contribution in [-0.4, -0.2) is 15.0 Å². The Morgan fingerprint density at radius 2 is 1.86 bits per heavy atom. The number of hydrogen-bond donors (Lipinski definition) is 2. The van der Waals surface area contributed by atoms with Gasteiger partial charge in [-0.1, -0.05) is 12.1 Å². The Kier molecular flexibility index (Phi) is 4.54. The first-order valence-corrected chi connectivity index (χ1v) is 7.67. The molecule has 0 aliphatic rings. The molecule has 0 aliphatic heterocycles. The van der Waals surface area contributed by atoms with Crippen molar-refractivity contribution in [2.24, 2.45) is 5.73 Å². The van der Waals surface area contributed by atoms with Crippen LogP contribution in [0.5, 0.6) is 0 Å². The largest absolute Gasteiger partial charge is 0.330 e. The van der Waals surface area contributed by atoms with E-state index in [1.807, 2.05) is 0 Å². The highest BCUT2D eigenvalue weighted by molar-refractivity contribution is 7.92. The van der Waals surface area contributed by atoms with Crippen molar-refractivity contribution in [3.63, 3.8) is 0 Å². The second-order valence-corrected chi connectivity index (χ2v) is 6.07. The smallest absolute Gasteiger partial charge is 0.264 e. The molecule has 0 spiro atoms. The highest BCUT2D eigenvalue weighted by Crippen LogP contribution is 2.21. The third-order valence-corrected chi connectivity index (χ3v) is 4.19. The molecule has 0 heterocycles. The number of hydrogen-bond acceptors (Lipinski definition) is 3. The molecule has 0 bridgehead atoms. The maximum atomic E-state index is 13.8. The quantitative estimate of drug-likeness (QED) is 0.889. The first-order valence-electron chi connectivity index (χ1n) is 6.19. The van der Waals surface area contributed by atoms with Crippen LogP contribution in [0.1, 0.15) is 5.56 Å². The first-order chi connectivity index (χ1) is 9.92. The molecule has 0 atom stereocenters. The van der Waals surface area contributed by atoms with Gasteiger partial charge in [0.25, 0.3) is 10.0 Å². The summed E-state index contributed by atoms with van der Waals surface area (Å²) in [6.07, 6.45) is 0.433. The lowest BCUT2D eigenvalue weighted by molar-refractivity contribution is 0.569. The molecule has 0 amide bonds.